The third-order valence-corrected chi connectivity index (χ3v) is 1.64. The lowest BCUT2D eigenvalue weighted by atomic mass is 9.97. The van der Waals surface area contributed by atoms with E-state index < -0.39 is 5.60 Å². The number of amides is 1. The van der Waals surface area contributed by atoms with Gasteiger partial charge in [0, 0.05) is 6.92 Å². The van der Waals surface area contributed by atoms with E-state index in [0.717, 1.165) is 6.42 Å². The molecule has 0 aromatic rings. The van der Waals surface area contributed by atoms with E-state index in [-0.39, 0.29) is 11.9 Å². The topological polar surface area (TPSA) is 49.3 Å². The van der Waals surface area contributed by atoms with Crippen LogP contribution in [-0.2, 0) is 4.79 Å². The van der Waals surface area contributed by atoms with Crippen LogP contribution < -0.4 is 5.32 Å². The number of carbonyl (C=O) groups is 1. The van der Waals surface area contributed by atoms with Gasteiger partial charge in [0.1, 0.15) is 0 Å². The smallest absolute Gasteiger partial charge is 0.217 e. The molecule has 11 heavy (non-hydrogen) atoms. The summed E-state index contributed by atoms with van der Waals surface area (Å²) in [6.45, 7) is 6.77. The van der Waals surface area contributed by atoms with E-state index >= 15 is 0 Å². The second-order valence-corrected chi connectivity index (χ2v) is 3.32. The van der Waals surface area contributed by atoms with Crippen LogP contribution in [0.25, 0.3) is 0 Å². The molecule has 3 nitrogen and oxygen atoms in total. The Kier molecular flexibility index (Phi) is 3.52. The number of aliphatic hydroxyl groups is 1. The van der Waals surface area contributed by atoms with E-state index in [9.17, 15) is 9.90 Å². The molecule has 1 atom stereocenters. The van der Waals surface area contributed by atoms with Crippen molar-refractivity contribution in [3.8, 4) is 0 Å². The van der Waals surface area contributed by atoms with Crippen molar-refractivity contribution in [2.45, 2.75) is 45.8 Å². The van der Waals surface area contributed by atoms with Gasteiger partial charge < -0.3 is 10.4 Å². The molecule has 0 aromatic heterocycles. The van der Waals surface area contributed by atoms with Crippen LogP contribution in [0.15, 0.2) is 0 Å². The molecule has 66 valence electrons. The van der Waals surface area contributed by atoms with Crippen molar-refractivity contribution in [1.82, 2.24) is 5.32 Å². The van der Waals surface area contributed by atoms with Crippen molar-refractivity contribution in [2.24, 2.45) is 0 Å². The third-order valence-electron chi connectivity index (χ3n) is 1.64. The minimum absolute atomic E-state index is 0.0982. The van der Waals surface area contributed by atoms with E-state index in [1.807, 2.05) is 6.92 Å². The number of hydrogen-bond donors (Lipinski definition) is 2. The van der Waals surface area contributed by atoms with Crippen LogP contribution in [0.1, 0.15) is 34.1 Å². The quantitative estimate of drug-likeness (QED) is 0.636. The predicted molar refractivity (Wildman–Crippen MR) is 44.2 cm³/mol. The fraction of sp³-hybridized carbons (Fsp3) is 0.875. The van der Waals surface area contributed by atoms with Crippen LogP contribution in [0, 0.1) is 0 Å². The molecule has 0 saturated heterocycles. The molecule has 0 aliphatic heterocycles. The fourth-order valence-electron chi connectivity index (χ4n) is 1.02. The average Bonchev–Trinajstić information content (AvgIpc) is 1.79. The number of carbonyl (C=O) groups excluding carboxylic acids is 1. The molecule has 3 heteroatoms. The molecule has 0 spiro atoms. The highest BCUT2D eigenvalue weighted by atomic mass is 16.3. The minimum Gasteiger partial charge on any atom is -0.388 e. The maximum absolute atomic E-state index is 10.6. The maximum Gasteiger partial charge on any atom is 0.217 e. The van der Waals surface area contributed by atoms with Crippen LogP contribution in [-0.4, -0.2) is 22.7 Å². The van der Waals surface area contributed by atoms with Gasteiger partial charge in [0.25, 0.3) is 0 Å². The normalized spacial score (nSPS) is 14.3. The lowest BCUT2D eigenvalue weighted by molar-refractivity contribution is -0.121. The van der Waals surface area contributed by atoms with Crippen LogP contribution in [0.2, 0.25) is 0 Å². The number of rotatable bonds is 3. The van der Waals surface area contributed by atoms with Gasteiger partial charge in [-0.25, -0.2) is 0 Å². The van der Waals surface area contributed by atoms with E-state index in [1.54, 1.807) is 13.8 Å². The molecule has 0 aromatic carbocycles. The van der Waals surface area contributed by atoms with Crippen molar-refractivity contribution in [3.63, 3.8) is 0 Å². The van der Waals surface area contributed by atoms with Crippen molar-refractivity contribution in [1.29, 1.82) is 0 Å². The number of nitrogens with one attached hydrogen (secondary N) is 1. The summed E-state index contributed by atoms with van der Waals surface area (Å²) in [6, 6.07) is -0.153. The first-order chi connectivity index (χ1) is 4.88. The van der Waals surface area contributed by atoms with Gasteiger partial charge in [0.05, 0.1) is 11.6 Å². The summed E-state index contributed by atoms with van der Waals surface area (Å²) in [5, 5.41) is 12.2. The molecule has 2 N–H and O–H groups in total. The van der Waals surface area contributed by atoms with Crippen molar-refractivity contribution < 1.29 is 9.90 Å². The van der Waals surface area contributed by atoms with Gasteiger partial charge in [-0.15, -0.1) is 0 Å². The maximum atomic E-state index is 10.6. The van der Waals surface area contributed by atoms with Crippen LogP contribution in [0.3, 0.4) is 0 Å². The van der Waals surface area contributed by atoms with Crippen LogP contribution in [0.4, 0.5) is 0 Å². The molecule has 1 unspecified atom stereocenters. The van der Waals surface area contributed by atoms with E-state index in [4.69, 9.17) is 0 Å². The Bertz CT molecular complexity index is 138. The van der Waals surface area contributed by atoms with Gasteiger partial charge in [-0.2, -0.15) is 0 Å². The predicted octanol–water partition coefficient (Wildman–Crippen LogP) is 0.672. The molecule has 0 heterocycles. The molecule has 0 aliphatic carbocycles. The van der Waals surface area contributed by atoms with E-state index in [1.165, 1.54) is 6.92 Å². The molecule has 0 saturated carbocycles. The second kappa shape index (κ2) is 3.72. The molecule has 0 bridgehead atoms. The van der Waals surface area contributed by atoms with Crippen molar-refractivity contribution in [3.05, 3.63) is 0 Å². The summed E-state index contributed by atoms with van der Waals surface area (Å²) in [5.41, 5.74) is -0.833. The highest BCUT2D eigenvalue weighted by molar-refractivity contribution is 5.73. The molecule has 0 rings (SSSR count). The highest BCUT2D eigenvalue weighted by Crippen LogP contribution is 2.10. The van der Waals surface area contributed by atoms with E-state index in [2.05, 4.69) is 5.32 Å². The highest BCUT2D eigenvalue weighted by Gasteiger charge is 2.25. The Labute approximate surface area is 67.8 Å². The molecule has 1 amide bonds. The lowest BCUT2D eigenvalue weighted by Gasteiger charge is -2.28. The Morgan fingerprint density at radius 1 is 1.64 bits per heavy atom. The average molecular weight is 159 g/mol. The Balaban J connectivity index is 4.07. The molecule has 0 aliphatic rings. The Hall–Kier alpha value is -0.570. The summed E-state index contributed by atoms with van der Waals surface area (Å²) in [4.78, 5) is 10.6. The third kappa shape index (κ3) is 3.98. The zero-order chi connectivity index (χ0) is 9.07. The zero-order valence-corrected chi connectivity index (χ0v) is 7.64. The summed E-state index contributed by atoms with van der Waals surface area (Å²) < 4.78 is 0. The van der Waals surface area contributed by atoms with Gasteiger partial charge in [-0.3, -0.25) is 4.79 Å². The van der Waals surface area contributed by atoms with Crippen molar-refractivity contribution in [2.75, 3.05) is 0 Å². The molecular formula is C8H17NO2. The first-order valence-corrected chi connectivity index (χ1v) is 3.87. The molecule has 0 fully saturated rings. The fourth-order valence-corrected chi connectivity index (χ4v) is 1.02. The number of hydrogen-bond acceptors (Lipinski definition) is 2. The Morgan fingerprint density at radius 3 is 2.18 bits per heavy atom. The SMILES string of the molecule is CCC(NC(C)=O)C(C)(C)O. The van der Waals surface area contributed by atoms with Crippen molar-refractivity contribution >= 4 is 5.91 Å². The lowest BCUT2D eigenvalue weighted by Crippen LogP contribution is -2.48. The molecule has 0 radical (unpaired) electrons. The van der Waals surface area contributed by atoms with Gasteiger partial charge >= 0.3 is 0 Å². The minimum atomic E-state index is -0.833. The van der Waals surface area contributed by atoms with Gasteiger partial charge in [-0.1, -0.05) is 6.92 Å². The molecular weight excluding hydrogens is 142 g/mol. The first-order valence-electron chi connectivity index (χ1n) is 3.87. The summed E-state index contributed by atoms with van der Waals surface area (Å²) in [6.07, 6.45) is 0.739. The standard InChI is InChI=1S/C8H17NO2/c1-5-7(8(3,4)11)9-6(2)10/h7,11H,5H2,1-4H3,(H,9,10). The van der Waals surface area contributed by atoms with Gasteiger partial charge in [0.15, 0.2) is 0 Å². The Morgan fingerprint density at radius 2 is 2.09 bits per heavy atom. The van der Waals surface area contributed by atoms with E-state index in [0.29, 0.717) is 0 Å². The van der Waals surface area contributed by atoms with Gasteiger partial charge in [-0.05, 0) is 20.3 Å². The van der Waals surface area contributed by atoms with Crippen LogP contribution >= 0.6 is 0 Å². The summed E-state index contributed by atoms with van der Waals surface area (Å²) >= 11 is 0. The monoisotopic (exact) mass is 159 g/mol. The second-order valence-electron chi connectivity index (χ2n) is 3.32. The summed E-state index contributed by atoms with van der Waals surface area (Å²) in [5.74, 6) is -0.0982. The summed E-state index contributed by atoms with van der Waals surface area (Å²) in [7, 11) is 0. The first kappa shape index (κ1) is 10.4. The van der Waals surface area contributed by atoms with Crippen LogP contribution in [0.5, 0.6) is 0 Å². The van der Waals surface area contributed by atoms with Gasteiger partial charge in [0.2, 0.25) is 5.91 Å². The zero-order valence-electron chi connectivity index (χ0n) is 7.64. The largest absolute Gasteiger partial charge is 0.388 e.